The topological polar surface area (TPSA) is 40.6 Å². The summed E-state index contributed by atoms with van der Waals surface area (Å²) in [4.78, 5) is 29.7. The number of hydrogen-bond acceptors (Lipinski definition) is 4. The van der Waals surface area contributed by atoms with Crippen LogP contribution in [0, 0.1) is 6.92 Å². The number of carbonyl (C=O) groups is 2. The van der Waals surface area contributed by atoms with Gasteiger partial charge in [0.2, 0.25) is 0 Å². The third-order valence-electron chi connectivity index (χ3n) is 6.16. The lowest BCUT2D eigenvalue weighted by Gasteiger charge is -2.43. The van der Waals surface area contributed by atoms with Gasteiger partial charge < -0.3 is 4.90 Å². The Labute approximate surface area is 205 Å². The minimum Gasteiger partial charge on any atom is -0.362 e. The van der Waals surface area contributed by atoms with Gasteiger partial charge in [-0.05, 0) is 80.8 Å². The molecule has 0 bridgehead atoms. The second-order valence-corrected chi connectivity index (χ2v) is 10.7. The molecule has 0 radical (unpaired) electrons. The van der Waals surface area contributed by atoms with Crippen LogP contribution in [-0.4, -0.2) is 28.1 Å². The molecule has 2 aromatic carbocycles. The smallest absolute Gasteiger partial charge is 0.293 e. The first-order valence-electron chi connectivity index (χ1n) is 11.2. The van der Waals surface area contributed by atoms with Gasteiger partial charge in [-0.3, -0.25) is 14.5 Å². The lowest BCUT2D eigenvalue weighted by atomic mass is 9.87. The van der Waals surface area contributed by atoms with Crippen LogP contribution in [0.25, 0.3) is 11.6 Å². The molecular weight excluding hydrogens is 452 g/mol. The number of thioether (sulfide) groups is 1. The maximum atomic E-state index is 13.0. The Kier molecular flexibility index (Phi) is 6.47. The number of rotatable bonds is 5. The third-order valence-corrected chi connectivity index (χ3v) is 7.40. The van der Waals surface area contributed by atoms with Crippen LogP contribution < -0.4 is 4.90 Å². The summed E-state index contributed by atoms with van der Waals surface area (Å²) in [7, 11) is 0. The van der Waals surface area contributed by atoms with E-state index in [0.29, 0.717) is 9.93 Å². The Morgan fingerprint density at radius 1 is 1.09 bits per heavy atom. The number of allylic oxidation sites excluding steroid dienone is 1. The van der Waals surface area contributed by atoms with Crippen LogP contribution in [0.1, 0.15) is 56.4 Å². The van der Waals surface area contributed by atoms with Crippen LogP contribution >= 0.6 is 23.4 Å². The minimum absolute atomic E-state index is 0.101. The van der Waals surface area contributed by atoms with E-state index in [4.69, 9.17) is 11.6 Å². The molecule has 6 heteroatoms. The van der Waals surface area contributed by atoms with Gasteiger partial charge in [-0.1, -0.05) is 54.4 Å². The maximum absolute atomic E-state index is 13.0. The van der Waals surface area contributed by atoms with Gasteiger partial charge in [0.05, 0.1) is 17.0 Å². The summed E-state index contributed by atoms with van der Waals surface area (Å²) in [6.45, 7) is 11.9. The average Bonchev–Trinajstić information content (AvgIpc) is 3.00. The highest BCUT2D eigenvalue weighted by molar-refractivity contribution is 8.18. The average molecular weight is 481 g/mol. The van der Waals surface area contributed by atoms with E-state index in [1.165, 1.54) is 10.5 Å². The SMILES string of the molecule is CCCN1c2cc(Cl)c(/C=C3/SC(=O)N(Cc4ccc(C)cc4)C3=O)cc2C(C)=CC1(C)C. The van der Waals surface area contributed by atoms with Gasteiger partial charge in [0.1, 0.15) is 0 Å². The number of nitrogens with zero attached hydrogens (tertiary/aromatic N) is 2. The Balaban J connectivity index is 1.66. The molecule has 0 unspecified atom stereocenters. The first-order chi connectivity index (χ1) is 15.6. The van der Waals surface area contributed by atoms with Crippen LogP contribution in [0.3, 0.4) is 0 Å². The fourth-order valence-corrected chi connectivity index (χ4v) is 5.55. The number of carbonyl (C=O) groups excluding carboxylic acids is 2. The molecule has 0 N–H and O–H groups in total. The molecular formula is C27H29ClN2O2S. The molecule has 1 fully saturated rings. The number of aryl methyl sites for hydroxylation is 1. The molecule has 0 saturated carbocycles. The van der Waals surface area contributed by atoms with Crippen LogP contribution in [0.4, 0.5) is 10.5 Å². The monoisotopic (exact) mass is 480 g/mol. The predicted octanol–water partition coefficient (Wildman–Crippen LogP) is 7.30. The van der Waals surface area contributed by atoms with Crippen molar-refractivity contribution in [1.82, 2.24) is 4.90 Å². The van der Waals surface area contributed by atoms with Gasteiger partial charge in [0.15, 0.2) is 0 Å². The van der Waals surface area contributed by atoms with Crippen molar-refractivity contribution in [3.8, 4) is 0 Å². The predicted molar refractivity (Wildman–Crippen MR) is 140 cm³/mol. The summed E-state index contributed by atoms with van der Waals surface area (Å²) in [5, 5.41) is 0.318. The van der Waals surface area contributed by atoms with E-state index in [9.17, 15) is 9.59 Å². The molecule has 2 heterocycles. The Morgan fingerprint density at radius 3 is 2.45 bits per heavy atom. The van der Waals surface area contributed by atoms with E-state index in [1.54, 1.807) is 6.08 Å². The van der Waals surface area contributed by atoms with Crippen molar-refractivity contribution in [1.29, 1.82) is 0 Å². The van der Waals surface area contributed by atoms with Gasteiger partial charge in [-0.2, -0.15) is 0 Å². The molecule has 2 aromatic rings. The van der Waals surface area contributed by atoms with Crippen molar-refractivity contribution in [2.75, 3.05) is 11.4 Å². The first-order valence-corrected chi connectivity index (χ1v) is 12.4. The maximum Gasteiger partial charge on any atom is 0.293 e. The summed E-state index contributed by atoms with van der Waals surface area (Å²) < 4.78 is 0. The minimum atomic E-state index is -0.277. The number of imide groups is 1. The molecule has 0 aromatic heterocycles. The highest BCUT2D eigenvalue weighted by Gasteiger charge is 2.36. The van der Waals surface area contributed by atoms with Crippen LogP contribution in [0.5, 0.6) is 0 Å². The second-order valence-electron chi connectivity index (χ2n) is 9.28. The fraction of sp³-hybridized carbons (Fsp3) is 0.333. The molecule has 33 heavy (non-hydrogen) atoms. The Bertz CT molecular complexity index is 1180. The Morgan fingerprint density at radius 2 is 1.79 bits per heavy atom. The second kappa shape index (κ2) is 9.03. The van der Waals surface area contributed by atoms with Crippen LogP contribution in [0.2, 0.25) is 5.02 Å². The number of fused-ring (bicyclic) bond motifs is 1. The zero-order valence-corrected chi connectivity index (χ0v) is 21.3. The summed E-state index contributed by atoms with van der Waals surface area (Å²) >= 11 is 7.67. The number of amides is 2. The molecule has 2 amide bonds. The van der Waals surface area contributed by atoms with E-state index in [1.807, 2.05) is 43.3 Å². The Hall–Kier alpha value is -2.50. The van der Waals surface area contributed by atoms with Gasteiger partial charge in [-0.25, -0.2) is 0 Å². The number of halogens is 1. The fourth-order valence-electron chi connectivity index (χ4n) is 4.51. The molecule has 0 spiro atoms. The zero-order chi connectivity index (χ0) is 23.9. The van der Waals surface area contributed by atoms with Crippen LogP contribution in [-0.2, 0) is 11.3 Å². The molecule has 1 saturated heterocycles. The summed E-state index contributed by atoms with van der Waals surface area (Å²) in [5.41, 5.74) is 6.11. The third kappa shape index (κ3) is 4.62. The normalized spacial score (nSPS) is 18.7. The van der Waals surface area contributed by atoms with Crippen LogP contribution in [0.15, 0.2) is 47.4 Å². The number of hydrogen-bond donors (Lipinski definition) is 0. The number of benzene rings is 2. The standard InChI is InChI=1S/C27H29ClN2O2S/c1-6-11-30-23-14-22(28)20(12-21(23)18(3)15-27(30,4)5)13-24-25(31)29(26(32)33-24)16-19-9-7-17(2)8-10-19/h7-10,12-15H,6,11,16H2,1-5H3/b24-13+. The molecule has 0 atom stereocenters. The van der Waals surface area contributed by atoms with E-state index < -0.39 is 0 Å². The summed E-state index contributed by atoms with van der Waals surface area (Å²) in [6, 6.07) is 11.9. The van der Waals surface area contributed by atoms with Crippen molar-refractivity contribution < 1.29 is 9.59 Å². The lowest BCUT2D eigenvalue weighted by molar-refractivity contribution is -0.123. The van der Waals surface area contributed by atoms with Gasteiger partial charge in [0.25, 0.3) is 11.1 Å². The highest BCUT2D eigenvalue weighted by atomic mass is 35.5. The van der Waals surface area contributed by atoms with Crippen molar-refractivity contribution in [2.45, 2.75) is 53.1 Å². The summed E-state index contributed by atoms with van der Waals surface area (Å²) in [5.74, 6) is -0.277. The van der Waals surface area contributed by atoms with Crippen molar-refractivity contribution >= 4 is 51.8 Å². The molecule has 4 rings (SSSR count). The van der Waals surface area contributed by atoms with Crippen molar-refractivity contribution in [3.63, 3.8) is 0 Å². The van der Waals surface area contributed by atoms with Gasteiger partial charge >= 0.3 is 0 Å². The van der Waals surface area contributed by atoms with Crippen molar-refractivity contribution in [3.05, 3.63) is 74.7 Å². The van der Waals surface area contributed by atoms with E-state index in [-0.39, 0.29) is 23.2 Å². The molecule has 2 aliphatic rings. The van der Waals surface area contributed by atoms with Crippen molar-refractivity contribution in [2.24, 2.45) is 0 Å². The summed E-state index contributed by atoms with van der Waals surface area (Å²) in [6.07, 6.45) is 5.06. The molecule has 2 aliphatic heterocycles. The van der Waals surface area contributed by atoms with E-state index >= 15 is 0 Å². The molecule has 172 valence electrons. The zero-order valence-electron chi connectivity index (χ0n) is 19.7. The molecule has 4 nitrogen and oxygen atoms in total. The number of anilines is 1. The van der Waals surface area contributed by atoms with E-state index in [0.717, 1.165) is 52.7 Å². The van der Waals surface area contributed by atoms with Gasteiger partial charge in [0, 0.05) is 22.8 Å². The largest absolute Gasteiger partial charge is 0.362 e. The van der Waals surface area contributed by atoms with E-state index in [2.05, 4.69) is 38.7 Å². The first kappa shape index (κ1) is 23.7. The highest BCUT2D eigenvalue weighted by Crippen LogP contribution is 2.43. The lowest BCUT2D eigenvalue weighted by Crippen LogP contribution is -2.45. The van der Waals surface area contributed by atoms with Gasteiger partial charge in [-0.15, -0.1) is 0 Å². The molecule has 0 aliphatic carbocycles. The quantitative estimate of drug-likeness (QED) is 0.421.